The lowest BCUT2D eigenvalue weighted by molar-refractivity contribution is 0.598. The molecule has 21 heavy (non-hydrogen) atoms. The third kappa shape index (κ3) is 4.94. The van der Waals surface area contributed by atoms with Gasteiger partial charge in [0.2, 0.25) is 10.0 Å². The summed E-state index contributed by atoms with van der Waals surface area (Å²) in [5.74, 6) is 0.140. The van der Waals surface area contributed by atoms with Crippen molar-refractivity contribution in [1.29, 1.82) is 0 Å². The zero-order chi connectivity index (χ0) is 15.3. The van der Waals surface area contributed by atoms with Crippen LogP contribution in [0.4, 0.5) is 9.52 Å². The second-order valence-electron chi connectivity index (χ2n) is 4.36. The molecule has 1 aromatic heterocycles. The van der Waals surface area contributed by atoms with Crippen LogP contribution >= 0.6 is 22.9 Å². The quantitative estimate of drug-likeness (QED) is 0.613. The SMILES string of the molecule is O=S(=O)(CCCCCl)Nc1nc(-c2ccc(F)cc2)cs1. The number of hydrogen-bond donors (Lipinski definition) is 1. The fourth-order valence-electron chi connectivity index (χ4n) is 1.64. The Labute approximate surface area is 132 Å². The first-order valence-corrected chi connectivity index (χ1v) is 9.35. The van der Waals surface area contributed by atoms with Crippen LogP contribution in [0.25, 0.3) is 11.3 Å². The van der Waals surface area contributed by atoms with Gasteiger partial charge in [-0.05, 0) is 37.1 Å². The van der Waals surface area contributed by atoms with Crippen molar-refractivity contribution >= 4 is 38.1 Å². The van der Waals surface area contributed by atoms with E-state index in [1.165, 1.54) is 23.5 Å². The van der Waals surface area contributed by atoms with Gasteiger partial charge in [0.15, 0.2) is 5.13 Å². The molecule has 2 rings (SSSR count). The highest BCUT2D eigenvalue weighted by Crippen LogP contribution is 2.25. The Morgan fingerprint density at radius 1 is 1.24 bits per heavy atom. The second-order valence-corrected chi connectivity index (χ2v) is 7.44. The maximum atomic E-state index is 12.9. The minimum atomic E-state index is -3.40. The first-order chi connectivity index (χ1) is 10.00. The van der Waals surface area contributed by atoms with Gasteiger partial charge >= 0.3 is 0 Å². The summed E-state index contributed by atoms with van der Waals surface area (Å²) >= 11 is 6.71. The molecule has 1 N–H and O–H groups in total. The number of aromatic nitrogens is 1. The van der Waals surface area contributed by atoms with Crippen molar-refractivity contribution in [2.45, 2.75) is 12.8 Å². The van der Waals surface area contributed by atoms with Crippen molar-refractivity contribution in [2.75, 3.05) is 16.4 Å². The molecule has 8 heteroatoms. The predicted molar refractivity (Wildman–Crippen MR) is 84.9 cm³/mol. The highest BCUT2D eigenvalue weighted by atomic mass is 35.5. The molecule has 0 amide bonds. The first-order valence-electron chi connectivity index (χ1n) is 6.28. The van der Waals surface area contributed by atoms with Gasteiger partial charge in [-0.2, -0.15) is 0 Å². The molecule has 0 aliphatic heterocycles. The van der Waals surface area contributed by atoms with E-state index in [1.54, 1.807) is 17.5 Å². The summed E-state index contributed by atoms with van der Waals surface area (Å²) in [6.07, 6.45) is 1.16. The second kappa shape index (κ2) is 7.20. The Bertz CT molecular complexity index is 686. The van der Waals surface area contributed by atoms with Crippen LogP contribution in [0.3, 0.4) is 0 Å². The average Bonchev–Trinajstić information content (AvgIpc) is 2.87. The number of nitrogens with zero attached hydrogens (tertiary/aromatic N) is 1. The van der Waals surface area contributed by atoms with E-state index in [9.17, 15) is 12.8 Å². The van der Waals surface area contributed by atoms with E-state index < -0.39 is 10.0 Å². The van der Waals surface area contributed by atoms with E-state index in [2.05, 4.69) is 9.71 Å². The van der Waals surface area contributed by atoms with Gasteiger partial charge in [-0.3, -0.25) is 4.72 Å². The molecule has 0 atom stereocenters. The molecule has 0 radical (unpaired) electrons. The lowest BCUT2D eigenvalue weighted by Gasteiger charge is -2.03. The topological polar surface area (TPSA) is 59.1 Å². The standard InChI is InChI=1S/C13H14ClFN2O2S2/c14-7-1-2-8-21(18,19)17-13-16-12(9-20-13)10-3-5-11(15)6-4-10/h3-6,9H,1-2,7-8H2,(H,16,17). The molecule has 1 aromatic carbocycles. The summed E-state index contributed by atoms with van der Waals surface area (Å²) in [6.45, 7) is 0. The van der Waals surface area contributed by atoms with Gasteiger partial charge in [0.25, 0.3) is 0 Å². The van der Waals surface area contributed by atoms with Crippen LogP contribution in [0.1, 0.15) is 12.8 Å². The highest BCUT2D eigenvalue weighted by Gasteiger charge is 2.13. The van der Waals surface area contributed by atoms with Gasteiger partial charge in [-0.1, -0.05) is 0 Å². The number of halogens is 2. The summed E-state index contributed by atoms with van der Waals surface area (Å²) < 4.78 is 39.0. The van der Waals surface area contributed by atoms with Crippen LogP contribution < -0.4 is 4.72 Å². The van der Waals surface area contributed by atoms with E-state index in [0.717, 1.165) is 5.56 Å². The highest BCUT2D eigenvalue weighted by molar-refractivity contribution is 7.92. The van der Waals surface area contributed by atoms with Crippen LogP contribution in [0, 0.1) is 5.82 Å². The Morgan fingerprint density at radius 2 is 1.95 bits per heavy atom. The Hall–Kier alpha value is -1.18. The molecule has 0 aliphatic carbocycles. The third-order valence-electron chi connectivity index (χ3n) is 2.68. The number of nitrogens with one attached hydrogen (secondary N) is 1. The van der Waals surface area contributed by atoms with Gasteiger partial charge in [-0.25, -0.2) is 17.8 Å². The first kappa shape index (κ1) is 16.2. The smallest absolute Gasteiger partial charge is 0.234 e. The summed E-state index contributed by atoms with van der Waals surface area (Å²) in [7, 11) is -3.40. The van der Waals surface area contributed by atoms with Gasteiger partial charge in [0, 0.05) is 16.8 Å². The number of rotatable bonds is 7. The van der Waals surface area contributed by atoms with Gasteiger partial charge in [0.1, 0.15) is 5.82 Å². The van der Waals surface area contributed by atoms with E-state index >= 15 is 0 Å². The molecule has 0 saturated carbocycles. The van der Waals surface area contributed by atoms with E-state index in [0.29, 0.717) is 29.5 Å². The van der Waals surface area contributed by atoms with Crippen molar-refractivity contribution in [3.8, 4) is 11.3 Å². The minimum absolute atomic E-state index is 0.0190. The number of thiazole rings is 1. The predicted octanol–water partition coefficient (Wildman–Crippen LogP) is 3.71. The van der Waals surface area contributed by atoms with Crippen molar-refractivity contribution in [1.82, 2.24) is 4.98 Å². The number of hydrogen-bond acceptors (Lipinski definition) is 4. The summed E-state index contributed by atoms with van der Waals surface area (Å²) in [5.41, 5.74) is 1.35. The zero-order valence-corrected chi connectivity index (χ0v) is 13.4. The molecular formula is C13H14ClFN2O2S2. The zero-order valence-electron chi connectivity index (χ0n) is 11.1. The van der Waals surface area contributed by atoms with Crippen molar-refractivity contribution in [3.63, 3.8) is 0 Å². The summed E-state index contributed by atoms with van der Waals surface area (Å²) in [6, 6.07) is 5.88. The average molecular weight is 349 g/mol. The number of anilines is 1. The Morgan fingerprint density at radius 3 is 2.62 bits per heavy atom. The van der Waals surface area contributed by atoms with Crippen LogP contribution in [0.15, 0.2) is 29.6 Å². The van der Waals surface area contributed by atoms with E-state index in [-0.39, 0.29) is 11.6 Å². The number of sulfonamides is 1. The molecule has 0 unspecified atom stereocenters. The molecule has 1 heterocycles. The third-order valence-corrected chi connectivity index (χ3v) is 5.17. The van der Waals surface area contributed by atoms with Gasteiger partial charge in [-0.15, -0.1) is 22.9 Å². The van der Waals surface area contributed by atoms with Crippen LogP contribution in [0.5, 0.6) is 0 Å². The molecule has 114 valence electrons. The maximum Gasteiger partial charge on any atom is 0.234 e. The van der Waals surface area contributed by atoms with Crippen LogP contribution in [-0.4, -0.2) is 25.0 Å². The molecule has 4 nitrogen and oxygen atoms in total. The molecular weight excluding hydrogens is 335 g/mol. The fraction of sp³-hybridized carbons (Fsp3) is 0.308. The Balaban J connectivity index is 2.04. The lowest BCUT2D eigenvalue weighted by Crippen LogP contribution is -2.16. The fourth-order valence-corrected chi connectivity index (χ4v) is 3.97. The largest absolute Gasteiger partial charge is 0.259 e. The normalized spacial score (nSPS) is 11.5. The van der Waals surface area contributed by atoms with Crippen molar-refractivity contribution < 1.29 is 12.8 Å². The molecule has 0 saturated heterocycles. The number of unbranched alkanes of at least 4 members (excludes halogenated alkanes) is 1. The molecule has 2 aromatic rings. The monoisotopic (exact) mass is 348 g/mol. The maximum absolute atomic E-state index is 12.9. The lowest BCUT2D eigenvalue weighted by atomic mass is 10.2. The van der Waals surface area contributed by atoms with Gasteiger partial charge in [0.05, 0.1) is 11.4 Å². The Kier molecular flexibility index (Phi) is 5.55. The van der Waals surface area contributed by atoms with Crippen LogP contribution in [0.2, 0.25) is 0 Å². The number of benzene rings is 1. The summed E-state index contributed by atoms with van der Waals surface area (Å²) in [5, 5.41) is 2.03. The van der Waals surface area contributed by atoms with E-state index in [4.69, 9.17) is 11.6 Å². The van der Waals surface area contributed by atoms with Crippen LogP contribution in [-0.2, 0) is 10.0 Å². The van der Waals surface area contributed by atoms with E-state index in [1.807, 2.05) is 0 Å². The molecule has 0 aliphatic rings. The molecule has 0 fully saturated rings. The summed E-state index contributed by atoms with van der Waals surface area (Å²) in [4.78, 5) is 4.20. The molecule has 0 bridgehead atoms. The number of alkyl halides is 1. The minimum Gasteiger partial charge on any atom is -0.259 e. The van der Waals surface area contributed by atoms with Crippen molar-refractivity contribution in [2.24, 2.45) is 0 Å². The molecule has 0 spiro atoms. The van der Waals surface area contributed by atoms with Crippen molar-refractivity contribution in [3.05, 3.63) is 35.5 Å². The van der Waals surface area contributed by atoms with Gasteiger partial charge < -0.3 is 0 Å².